The Labute approximate surface area is 111 Å². The number of rotatable bonds is 5. The molecular formula is C13H17NO5. The summed E-state index contributed by atoms with van der Waals surface area (Å²) in [7, 11) is 4.55. The van der Waals surface area contributed by atoms with Crippen LogP contribution in [0, 0.1) is 0 Å². The number of ether oxygens (including phenoxy) is 4. The van der Waals surface area contributed by atoms with Crippen LogP contribution in [0.1, 0.15) is 10.4 Å². The van der Waals surface area contributed by atoms with Gasteiger partial charge in [0, 0.05) is 12.1 Å². The van der Waals surface area contributed by atoms with Crippen molar-refractivity contribution in [2.24, 2.45) is 0 Å². The average molecular weight is 267 g/mol. The lowest BCUT2D eigenvalue weighted by Gasteiger charge is -2.27. The fourth-order valence-electron chi connectivity index (χ4n) is 1.79. The molecule has 1 aliphatic rings. The molecule has 0 radical (unpaired) electrons. The molecule has 1 aromatic carbocycles. The van der Waals surface area contributed by atoms with E-state index in [9.17, 15) is 4.79 Å². The van der Waals surface area contributed by atoms with E-state index in [1.165, 1.54) is 21.3 Å². The maximum atomic E-state index is 12.2. The van der Waals surface area contributed by atoms with Crippen LogP contribution < -0.4 is 19.5 Å². The first kappa shape index (κ1) is 13.5. The number of carbonyl (C=O) groups excluding carboxylic acids is 1. The number of nitrogens with one attached hydrogen (secondary N) is 1. The van der Waals surface area contributed by atoms with Crippen molar-refractivity contribution in [3.63, 3.8) is 0 Å². The van der Waals surface area contributed by atoms with Crippen LogP contribution in [0.2, 0.25) is 0 Å². The van der Waals surface area contributed by atoms with Crippen molar-refractivity contribution in [3.8, 4) is 17.2 Å². The summed E-state index contributed by atoms with van der Waals surface area (Å²) in [6.45, 7) is 1.09. The van der Waals surface area contributed by atoms with Gasteiger partial charge in [0.05, 0.1) is 46.1 Å². The minimum absolute atomic E-state index is 0.0605. The number of hydrogen-bond acceptors (Lipinski definition) is 5. The fraction of sp³-hybridized carbons (Fsp3) is 0.462. The van der Waals surface area contributed by atoms with Crippen LogP contribution in [0.4, 0.5) is 0 Å². The number of carbonyl (C=O) groups is 1. The van der Waals surface area contributed by atoms with Gasteiger partial charge in [-0.3, -0.25) is 4.79 Å². The molecule has 1 aliphatic heterocycles. The quantitative estimate of drug-likeness (QED) is 0.856. The lowest BCUT2D eigenvalue weighted by Crippen LogP contribution is -2.48. The molecule has 0 atom stereocenters. The first-order chi connectivity index (χ1) is 9.19. The largest absolute Gasteiger partial charge is 0.496 e. The lowest BCUT2D eigenvalue weighted by atomic mass is 10.1. The third kappa shape index (κ3) is 2.73. The van der Waals surface area contributed by atoms with E-state index in [-0.39, 0.29) is 11.9 Å². The van der Waals surface area contributed by atoms with Crippen LogP contribution in [-0.2, 0) is 4.74 Å². The topological polar surface area (TPSA) is 66.0 Å². The van der Waals surface area contributed by atoms with E-state index in [2.05, 4.69) is 5.32 Å². The highest BCUT2D eigenvalue weighted by Crippen LogP contribution is 2.34. The predicted octanol–water partition coefficient (Wildman–Crippen LogP) is 0.841. The van der Waals surface area contributed by atoms with E-state index < -0.39 is 0 Å². The number of hydrogen-bond donors (Lipinski definition) is 1. The molecule has 0 aromatic heterocycles. The summed E-state index contributed by atoms with van der Waals surface area (Å²) in [6, 6.07) is 3.29. The molecule has 1 heterocycles. The van der Waals surface area contributed by atoms with E-state index >= 15 is 0 Å². The Hall–Kier alpha value is -1.95. The zero-order valence-electron chi connectivity index (χ0n) is 11.2. The van der Waals surface area contributed by atoms with Crippen LogP contribution in [0.3, 0.4) is 0 Å². The Morgan fingerprint density at radius 2 is 1.68 bits per heavy atom. The van der Waals surface area contributed by atoms with Gasteiger partial charge in [0.2, 0.25) is 0 Å². The van der Waals surface area contributed by atoms with Gasteiger partial charge in [-0.05, 0) is 0 Å². The maximum absolute atomic E-state index is 12.2. The van der Waals surface area contributed by atoms with Crippen LogP contribution >= 0.6 is 0 Å². The number of amides is 1. The predicted molar refractivity (Wildman–Crippen MR) is 68.2 cm³/mol. The molecule has 2 rings (SSSR count). The van der Waals surface area contributed by atoms with Gasteiger partial charge >= 0.3 is 0 Å². The zero-order valence-corrected chi connectivity index (χ0v) is 11.2. The Morgan fingerprint density at radius 1 is 1.11 bits per heavy atom. The van der Waals surface area contributed by atoms with E-state index in [0.717, 1.165) is 0 Å². The molecular weight excluding hydrogens is 250 g/mol. The fourth-order valence-corrected chi connectivity index (χ4v) is 1.79. The number of methoxy groups -OCH3 is 3. The van der Waals surface area contributed by atoms with Crippen LogP contribution in [0.15, 0.2) is 12.1 Å². The molecule has 1 saturated heterocycles. The molecule has 1 fully saturated rings. The second-order valence-corrected chi connectivity index (χ2v) is 4.12. The summed E-state index contributed by atoms with van der Waals surface area (Å²) in [4.78, 5) is 12.2. The zero-order chi connectivity index (χ0) is 13.8. The summed E-state index contributed by atoms with van der Waals surface area (Å²) in [5.41, 5.74) is 0.409. The van der Waals surface area contributed by atoms with E-state index in [0.29, 0.717) is 36.0 Å². The highest BCUT2D eigenvalue weighted by molar-refractivity contribution is 5.98. The maximum Gasteiger partial charge on any atom is 0.255 e. The summed E-state index contributed by atoms with van der Waals surface area (Å²) >= 11 is 0. The normalized spacial score (nSPS) is 14.5. The van der Waals surface area contributed by atoms with Gasteiger partial charge in [0.1, 0.15) is 5.75 Å². The third-order valence-electron chi connectivity index (χ3n) is 2.92. The molecule has 104 valence electrons. The van der Waals surface area contributed by atoms with Gasteiger partial charge in [-0.15, -0.1) is 0 Å². The monoisotopic (exact) mass is 267 g/mol. The van der Waals surface area contributed by atoms with Crippen molar-refractivity contribution >= 4 is 5.91 Å². The van der Waals surface area contributed by atoms with E-state index in [1.54, 1.807) is 12.1 Å². The van der Waals surface area contributed by atoms with Gasteiger partial charge in [-0.1, -0.05) is 0 Å². The van der Waals surface area contributed by atoms with Crippen molar-refractivity contribution < 1.29 is 23.7 Å². The van der Waals surface area contributed by atoms with Gasteiger partial charge in [-0.25, -0.2) is 0 Å². The second kappa shape index (κ2) is 5.79. The van der Waals surface area contributed by atoms with Crippen LogP contribution in [0.5, 0.6) is 17.2 Å². The van der Waals surface area contributed by atoms with Crippen molar-refractivity contribution in [1.29, 1.82) is 0 Å². The van der Waals surface area contributed by atoms with Gasteiger partial charge in [0.25, 0.3) is 5.91 Å². The SMILES string of the molecule is COc1cc(OC)c(C(=O)NC2COC2)cc1OC. The Bertz CT molecular complexity index is 470. The van der Waals surface area contributed by atoms with Crippen molar-refractivity contribution in [2.45, 2.75) is 6.04 Å². The first-order valence-electron chi connectivity index (χ1n) is 5.88. The standard InChI is InChI=1S/C13H17NO5/c1-16-10-5-12(18-3)11(17-2)4-9(10)13(15)14-8-6-19-7-8/h4-5,8H,6-7H2,1-3H3,(H,14,15). The molecule has 0 unspecified atom stereocenters. The Kier molecular flexibility index (Phi) is 4.11. The van der Waals surface area contributed by atoms with Gasteiger partial charge in [0.15, 0.2) is 11.5 Å². The molecule has 19 heavy (non-hydrogen) atoms. The van der Waals surface area contributed by atoms with Crippen molar-refractivity contribution in [3.05, 3.63) is 17.7 Å². The van der Waals surface area contributed by atoms with Crippen molar-refractivity contribution in [2.75, 3.05) is 34.5 Å². The van der Waals surface area contributed by atoms with Crippen LogP contribution in [0.25, 0.3) is 0 Å². The molecule has 1 amide bonds. The van der Waals surface area contributed by atoms with Gasteiger partial charge in [-0.2, -0.15) is 0 Å². The summed E-state index contributed by atoms with van der Waals surface area (Å²) < 4.78 is 20.6. The highest BCUT2D eigenvalue weighted by atomic mass is 16.5. The summed E-state index contributed by atoms with van der Waals surface area (Å²) in [5, 5.41) is 2.86. The lowest BCUT2D eigenvalue weighted by molar-refractivity contribution is -0.00350. The highest BCUT2D eigenvalue weighted by Gasteiger charge is 2.24. The molecule has 1 N–H and O–H groups in total. The van der Waals surface area contributed by atoms with Crippen LogP contribution in [-0.4, -0.2) is 46.5 Å². The molecule has 1 aromatic rings. The first-order valence-corrected chi connectivity index (χ1v) is 5.88. The molecule has 0 bridgehead atoms. The molecule has 0 aliphatic carbocycles. The third-order valence-corrected chi connectivity index (χ3v) is 2.92. The molecule has 6 heteroatoms. The Morgan fingerprint density at radius 3 is 2.16 bits per heavy atom. The Balaban J connectivity index is 2.28. The van der Waals surface area contributed by atoms with Gasteiger partial charge < -0.3 is 24.3 Å². The summed E-state index contributed by atoms with van der Waals surface area (Å²) in [5.74, 6) is 1.22. The second-order valence-electron chi connectivity index (χ2n) is 4.12. The minimum Gasteiger partial charge on any atom is -0.496 e. The molecule has 0 spiro atoms. The molecule has 0 saturated carbocycles. The van der Waals surface area contributed by atoms with Crippen molar-refractivity contribution in [1.82, 2.24) is 5.32 Å². The minimum atomic E-state index is -0.217. The summed E-state index contributed by atoms with van der Waals surface area (Å²) in [6.07, 6.45) is 0. The molecule has 6 nitrogen and oxygen atoms in total. The van der Waals surface area contributed by atoms with E-state index in [4.69, 9.17) is 18.9 Å². The van der Waals surface area contributed by atoms with E-state index in [1.807, 2.05) is 0 Å². The smallest absolute Gasteiger partial charge is 0.255 e. The number of benzene rings is 1. The average Bonchev–Trinajstić information content (AvgIpc) is 2.40.